The number of aliphatic hydroxyl groups is 1. The van der Waals surface area contributed by atoms with Crippen molar-refractivity contribution in [3.05, 3.63) is 52.8 Å². The summed E-state index contributed by atoms with van der Waals surface area (Å²) in [7, 11) is 0. The molecular formula is C16H20N2O. The lowest BCUT2D eigenvalue weighted by molar-refractivity contribution is 0.167. The number of nitrogens with zero attached hydrogens (tertiary/aromatic N) is 2. The van der Waals surface area contributed by atoms with Gasteiger partial charge in [-0.25, -0.2) is 0 Å². The van der Waals surface area contributed by atoms with Crippen LogP contribution < -0.4 is 0 Å². The second kappa shape index (κ2) is 5.17. The summed E-state index contributed by atoms with van der Waals surface area (Å²) in [6.45, 7) is 2.84. The van der Waals surface area contributed by atoms with E-state index in [1.165, 1.54) is 36.0 Å². The molecule has 0 amide bonds. The van der Waals surface area contributed by atoms with Gasteiger partial charge in [0.1, 0.15) is 0 Å². The number of hydrogen-bond donors (Lipinski definition) is 1. The minimum atomic E-state index is -0.470. The van der Waals surface area contributed by atoms with Gasteiger partial charge in [-0.05, 0) is 48.9 Å². The molecule has 3 rings (SSSR count). The molecule has 3 nitrogen and oxygen atoms in total. The summed E-state index contributed by atoms with van der Waals surface area (Å²) in [6.07, 6.45) is 5.61. The molecule has 0 bridgehead atoms. The number of aromatic nitrogens is 2. The van der Waals surface area contributed by atoms with E-state index in [1.807, 2.05) is 17.7 Å². The average Bonchev–Trinajstić information content (AvgIpc) is 3.06. The minimum Gasteiger partial charge on any atom is -0.386 e. The number of benzene rings is 1. The van der Waals surface area contributed by atoms with E-state index >= 15 is 0 Å². The van der Waals surface area contributed by atoms with Gasteiger partial charge in [-0.1, -0.05) is 18.2 Å². The van der Waals surface area contributed by atoms with Gasteiger partial charge in [0.2, 0.25) is 0 Å². The van der Waals surface area contributed by atoms with Crippen LogP contribution in [-0.2, 0) is 25.8 Å². The highest BCUT2D eigenvalue weighted by Gasteiger charge is 2.15. The number of aryl methyl sites for hydroxylation is 3. The molecule has 1 aromatic heterocycles. The van der Waals surface area contributed by atoms with Gasteiger partial charge in [-0.3, -0.25) is 4.68 Å². The number of hydrogen-bond acceptors (Lipinski definition) is 2. The van der Waals surface area contributed by atoms with E-state index < -0.39 is 6.10 Å². The molecule has 1 unspecified atom stereocenters. The van der Waals surface area contributed by atoms with Crippen molar-refractivity contribution in [2.45, 2.75) is 45.3 Å². The lowest BCUT2D eigenvalue weighted by Gasteiger charge is -2.13. The summed E-state index contributed by atoms with van der Waals surface area (Å²) < 4.78 is 1.86. The zero-order valence-electron chi connectivity index (χ0n) is 11.3. The van der Waals surface area contributed by atoms with Crippen molar-refractivity contribution in [1.29, 1.82) is 0 Å². The van der Waals surface area contributed by atoms with Gasteiger partial charge in [0.05, 0.1) is 11.8 Å². The van der Waals surface area contributed by atoms with Crippen molar-refractivity contribution in [3.63, 3.8) is 0 Å². The Morgan fingerprint density at radius 1 is 1.26 bits per heavy atom. The van der Waals surface area contributed by atoms with Crippen molar-refractivity contribution in [2.75, 3.05) is 0 Å². The highest BCUT2D eigenvalue weighted by molar-refractivity contribution is 5.35. The topological polar surface area (TPSA) is 38.0 Å². The third-order valence-corrected chi connectivity index (χ3v) is 3.98. The van der Waals surface area contributed by atoms with E-state index in [0.29, 0.717) is 6.42 Å². The van der Waals surface area contributed by atoms with Crippen LogP contribution in [0.5, 0.6) is 0 Å². The number of rotatable bonds is 4. The van der Waals surface area contributed by atoms with E-state index in [9.17, 15) is 5.11 Å². The Bertz CT molecular complexity index is 574. The van der Waals surface area contributed by atoms with Crippen LogP contribution in [0.3, 0.4) is 0 Å². The van der Waals surface area contributed by atoms with Gasteiger partial charge in [0.25, 0.3) is 0 Å². The average molecular weight is 256 g/mol. The zero-order chi connectivity index (χ0) is 13.2. The predicted octanol–water partition coefficient (Wildman–Crippen LogP) is 2.67. The summed E-state index contributed by atoms with van der Waals surface area (Å²) in [6, 6.07) is 8.54. The molecule has 0 saturated heterocycles. The molecule has 1 N–H and O–H groups in total. The molecule has 2 aromatic rings. The second-order valence-corrected chi connectivity index (χ2v) is 5.25. The standard InChI is InChI=1S/C16H20N2O/c1-2-18-15(8-9-17-18)16(19)11-12-6-7-13-4-3-5-14(13)10-12/h6-10,16,19H,2-5,11H2,1H3. The molecule has 0 aliphatic heterocycles. The highest BCUT2D eigenvalue weighted by Crippen LogP contribution is 2.25. The van der Waals surface area contributed by atoms with Crippen molar-refractivity contribution in [3.8, 4) is 0 Å². The molecule has 0 radical (unpaired) electrons. The molecule has 1 atom stereocenters. The highest BCUT2D eigenvalue weighted by atomic mass is 16.3. The first-order valence-corrected chi connectivity index (χ1v) is 7.08. The van der Waals surface area contributed by atoms with E-state index in [2.05, 4.69) is 23.3 Å². The van der Waals surface area contributed by atoms with Crippen LogP contribution in [0.15, 0.2) is 30.5 Å². The Morgan fingerprint density at radius 3 is 2.95 bits per heavy atom. The molecule has 1 aliphatic rings. The predicted molar refractivity (Wildman–Crippen MR) is 75.0 cm³/mol. The van der Waals surface area contributed by atoms with Gasteiger partial charge in [-0.15, -0.1) is 0 Å². The Labute approximate surface area is 113 Å². The largest absolute Gasteiger partial charge is 0.386 e. The Hall–Kier alpha value is -1.61. The Kier molecular flexibility index (Phi) is 3.38. The van der Waals surface area contributed by atoms with Crippen LogP contribution in [0.25, 0.3) is 0 Å². The normalized spacial score (nSPS) is 15.5. The van der Waals surface area contributed by atoms with E-state index in [4.69, 9.17) is 0 Å². The van der Waals surface area contributed by atoms with Crippen molar-refractivity contribution in [1.82, 2.24) is 9.78 Å². The van der Waals surface area contributed by atoms with Crippen LogP contribution >= 0.6 is 0 Å². The van der Waals surface area contributed by atoms with Crippen LogP contribution in [0.1, 0.15) is 41.8 Å². The summed E-state index contributed by atoms with van der Waals surface area (Å²) in [5, 5.41) is 14.6. The van der Waals surface area contributed by atoms with Crippen LogP contribution in [-0.4, -0.2) is 14.9 Å². The molecule has 19 heavy (non-hydrogen) atoms. The summed E-state index contributed by atoms with van der Waals surface area (Å²) in [4.78, 5) is 0. The third kappa shape index (κ3) is 2.43. The number of fused-ring (bicyclic) bond motifs is 1. The molecule has 1 aromatic carbocycles. The maximum absolute atomic E-state index is 10.4. The van der Waals surface area contributed by atoms with Crippen LogP contribution in [0.4, 0.5) is 0 Å². The molecule has 1 heterocycles. The zero-order valence-corrected chi connectivity index (χ0v) is 11.3. The first kappa shape index (κ1) is 12.4. The fourth-order valence-corrected chi connectivity index (χ4v) is 2.97. The Balaban J connectivity index is 1.78. The summed E-state index contributed by atoms with van der Waals surface area (Å²) >= 11 is 0. The molecule has 100 valence electrons. The first-order chi connectivity index (χ1) is 9.28. The van der Waals surface area contributed by atoms with Gasteiger partial charge < -0.3 is 5.11 Å². The van der Waals surface area contributed by atoms with Crippen molar-refractivity contribution >= 4 is 0 Å². The van der Waals surface area contributed by atoms with Gasteiger partial charge in [0, 0.05) is 19.2 Å². The van der Waals surface area contributed by atoms with Gasteiger partial charge >= 0.3 is 0 Å². The fourth-order valence-electron chi connectivity index (χ4n) is 2.97. The molecule has 0 spiro atoms. The lowest BCUT2D eigenvalue weighted by atomic mass is 10.0. The second-order valence-electron chi connectivity index (χ2n) is 5.25. The third-order valence-electron chi connectivity index (χ3n) is 3.98. The molecule has 3 heteroatoms. The maximum atomic E-state index is 10.4. The monoisotopic (exact) mass is 256 g/mol. The summed E-state index contributed by atoms with van der Waals surface area (Å²) in [5.74, 6) is 0. The van der Waals surface area contributed by atoms with Crippen LogP contribution in [0.2, 0.25) is 0 Å². The fraction of sp³-hybridized carbons (Fsp3) is 0.438. The van der Waals surface area contributed by atoms with Crippen molar-refractivity contribution in [2.24, 2.45) is 0 Å². The number of aliphatic hydroxyl groups excluding tert-OH is 1. The minimum absolute atomic E-state index is 0.470. The molecular weight excluding hydrogens is 236 g/mol. The van der Waals surface area contributed by atoms with E-state index in [0.717, 1.165) is 12.2 Å². The molecule has 1 aliphatic carbocycles. The molecule has 0 fully saturated rings. The van der Waals surface area contributed by atoms with Crippen LogP contribution in [0, 0.1) is 0 Å². The molecule has 0 saturated carbocycles. The van der Waals surface area contributed by atoms with E-state index in [1.54, 1.807) is 6.20 Å². The van der Waals surface area contributed by atoms with Gasteiger partial charge in [-0.2, -0.15) is 5.10 Å². The summed E-state index contributed by atoms with van der Waals surface area (Å²) in [5.41, 5.74) is 5.07. The van der Waals surface area contributed by atoms with Crippen molar-refractivity contribution < 1.29 is 5.11 Å². The maximum Gasteiger partial charge on any atom is 0.0996 e. The Morgan fingerprint density at radius 2 is 2.11 bits per heavy atom. The lowest BCUT2D eigenvalue weighted by Crippen LogP contribution is -2.10. The van der Waals surface area contributed by atoms with Gasteiger partial charge in [0.15, 0.2) is 0 Å². The first-order valence-electron chi connectivity index (χ1n) is 7.08. The smallest absolute Gasteiger partial charge is 0.0996 e. The SMILES string of the molecule is CCn1nccc1C(O)Cc1ccc2c(c1)CCC2. The quantitative estimate of drug-likeness (QED) is 0.913. The van der Waals surface area contributed by atoms with E-state index in [-0.39, 0.29) is 0 Å².